The molecule has 0 aromatic heterocycles. The van der Waals surface area contributed by atoms with Gasteiger partial charge in [-0.3, -0.25) is 0 Å². The summed E-state index contributed by atoms with van der Waals surface area (Å²) < 4.78 is 0. The van der Waals surface area contributed by atoms with E-state index in [1.165, 1.54) is 0 Å². The van der Waals surface area contributed by atoms with Gasteiger partial charge in [0.15, 0.2) is 0 Å². The van der Waals surface area contributed by atoms with Gasteiger partial charge >= 0.3 is 37.7 Å². The standard InChI is InChI=1S/Ca.5H2O.2H/h;5*1H2;;/q+2;;;;;;2*-1. The molecule has 0 aliphatic rings. The van der Waals surface area contributed by atoms with Crippen molar-refractivity contribution in [2.45, 2.75) is 0 Å². The first kappa shape index (κ1) is 231. The van der Waals surface area contributed by atoms with Crippen LogP contribution in [0.1, 0.15) is 2.85 Å². The fraction of sp³-hybridized carbons (Fsp3) is 0. The summed E-state index contributed by atoms with van der Waals surface area (Å²) in [6, 6.07) is 0. The Hall–Kier alpha value is 1.06. The van der Waals surface area contributed by atoms with Crippen molar-refractivity contribution in [2.75, 3.05) is 0 Å². The third kappa shape index (κ3) is 74.3. The van der Waals surface area contributed by atoms with E-state index < -0.39 is 0 Å². The second kappa shape index (κ2) is 138. The quantitative estimate of drug-likeness (QED) is 0.292. The van der Waals surface area contributed by atoms with Crippen LogP contribution in [0, 0.1) is 0 Å². The summed E-state index contributed by atoms with van der Waals surface area (Å²) in [6.07, 6.45) is 0. The van der Waals surface area contributed by atoms with E-state index in [4.69, 9.17) is 0 Å². The van der Waals surface area contributed by atoms with Gasteiger partial charge in [-0.25, -0.2) is 0 Å². The second-order valence-corrected chi connectivity index (χ2v) is 0. The molecule has 0 saturated heterocycles. The fourth-order valence-corrected chi connectivity index (χ4v) is 0. The summed E-state index contributed by atoms with van der Waals surface area (Å²) in [5.74, 6) is 0. The first-order valence-electron chi connectivity index (χ1n) is 0. The Kier molecular flexibility index (Phi) is 5310. The molecule has 0 atom stereocenters. The molecule has 0 rings (SSSR count). The van der Waals surface area contributed by atoms with Crippen LogP contribution >= 0.6 is 0 Å². The van der Waals surface area contributed by atoms with E-state index in [9.17, 15) is 0 Å². The van der Waals surface area contributed by atoms with Gasteiger partial charge < -0.3 is 30.2 Å². The Balaban J connectivity index is 0. The summed E-state index contributed by atoms with van der Waals surface area (Å²) in [5, 5.41) is 0. The Morgan fingerprint density at radius 2 is 0.500 bits per heavy atom. The third-order valence-electron chi connectivity index (χ3n) is 0. The molecule has 0 heterocycles. The van der Waals surface area contributed by atoms with Gasteiger partial charge in [0.25, 0.3) is 0 Å². The summed E-state index contributed by atoms with van der Waals surface area (Å²) in [6.45, 7) is 0. The normalized spacial score (nSPS) is 0. The minimum atomic E-state index is 0. The van der Waals surface area contributed by atoms with Crippen molar-refractivity contribution in [1.82, 2.24) is 0 Å². The van der Waals surface area contributed by atoms with E-state index in [2.05, 4.69) is 0 Å². The van der Waals surface area contributed by atoms with Gasteiger partial charge in [0, 0.05) is 0 Å². The van der Waals surface area contributed by atoms with Gasteiger partial charge in [-0.15, -0.1) is 0 Å². The second-order valence-electron chi connectivity index (χ2n) is 0. The molecule has 44 valence electrons. The van der Waals surface area contributed by atoms with Crippen LogP contribution in [0.2, 0.25) is 0 Å². The molecule has 0 fully saturated rings. The predicted octanol–water partition coefficient (Wildman–Crippen LogP) is -4.28. The Morgan fingerprint density at radius 1 is 0.500 bits per heavy atom. The molecule has 0 aliphatic carbocycles. The molecule has 0 spiro atoms. The molecule has 6 heteroatoms. The molecule has 0 saturated carbocycles. The van der Waals surface area contributed by atoms with E-state index in [-0.39, 0.29) is 68.0 Å². The minimum Gasteiger partial charge on any atom is -1.00 e. The van der Waals surface area contributed by atoms with Crippen molar-refractivity contribution in [2.24, 2.45) is 0 Å². The van der Waals surface area contributed by atoms with Crippen LogP contribution in [0.4, 0.5) is 0 Å². The molecule has 0 aromatic carbocycles. The van der Waals surface area contributed by atoms with Gasteiger partial charge in [0.2, 0.25) is 0 Å². The maximum Gasteiger partial charge on any atom is 2.00 e. The smallest absolute Gasteiger partial charge is 1.00 e. The summed E-state index contributed by atoms with van der Waals surface area (Å²) in [5.41, 5.74) is 0. The zero-order chi connectivity index (χ0) is 0. The Bertz CT molecular complexity index is 10.4. The topological polar surface area (TPSA) is 158 Å². The van der Waals surface area contributed by atoms with E-state index in [0.29, 0.717) is 0 Å². The zero-order valence-corrected chi connectivity index (χ0v) is 5.42. The number of rotatable bonds is 0. The summed E-state index contributed by atoms with van der Waals surface area (Å²) in [4.78, 5) is 0. The summed E-state index contributed by atoms with van der Waals surface area (Å²) >= 11 is 0. The van der Waals surface area contributed by atoms with Crippen molar-refractivity contribution in [3.63, 3.8) is 0 Å². The van der Waals surface area contributed by atoms with Crippen molar-refractivity contribution >= 4 is 37.7 Å². The predicted molar refractivity (Wildman–Crippen MR) is 26.0 cm³/mol. The number of hydrogen-bond donors (Lipinski definition) is 0. The van der Waals surface area contributed by atoms with Crippen molar-refractivity contribution in [3.8, 4) is 0 Å². The van der Waals surface area contributed by atoms with Gasteiger partial charge in [-0.2, -0.15) is 0 Å². The van der Waals surface area contributed by atoms with Crippen molar-refractivity contribution in [1.29, 1.82) is 0 Å². The first-order chi connectivity index (χ1) is 0. The van der Waals surface area contributed by atoms with Crippen LogP contribution in [0.25, 0.3) is 0 Å². The molecule has 5 nitrogen and oxygen atoms in total. The summed E-state index contributed by atoms with van der Waals surface area (Å²) in [7, 11) is 0. The Labute approximate surface area is 67.9 Å². The average molecular weight is 132 g/mol. The molecular formula is H12CaO5. The molecule has 0 unspecified atom stereocenters. The molecule has 0 amide bonds. The monoisotopic (exact) mass is 132 g/mol. The average Bonchev–Trinajstić information content (AvgIpc) is 0. The van der Waals surface area contributed by atoms with Crippen LogP contribution in [-0.4, -0.2) is 65.1 Å². The maximum absolute atomic E-state index is 0. The van der Waals surface area contributed by atoms with E-state index >= 15 is 0 Å². The molecule has 0 bridgehead atoms. The van der Waals surface area contributed by atoms with Crippen LogP contribution in [0.3, 0.4) is 0 Å². The molecule has 6 heavy (non-hydrogen) atoms. The molecule has 0 radical (unpaired) electrons. The first-order valence-corrected chi connectivity index (χ1v) is 0. The fourth-order valence-electron chi connectivity index (χ4n) is 0. The zero-order valence-electron chi connectivity index (χ0n) is 5.21. The molecule has 10 N–H and O–H groups in total. The van der Waals surface area contributed by atoms with Gasteiger partial charge in [-0.05, 0) is 0 Å². The molecule has 0 aromatic rings. The van der Waals surface area contributed by atoms with Crippen LogP contribution in [0.5, 0.6) is 0 Å². The van der Waals surface area contributed by atoms with Crippen molar-refractivity contribution in [3.05, 3.63) is 0 Å². The van der Waals surface area contributed by atoms with Crippen LogP contribution in [0.15, 0.2) is 0 Å². The van der Waals surface area contributed by atoms with Gasteiger partial charge in [0.1, 0.15) is 0 Å². The SMILES string of the molecule is O.O.O.O.O.[Ca+2].[H-].[H-]. The Morgan fingerprint density at radius 3 is 0.500 bits per heavy atom. The van der Waals surface area contributed by atoms with Crippen molar-refractivity contribution < 1.29 is 30.2 Å². The van der Waals surface area contributed by atoms with E-state index in [1.807, 2.05) is 0 Å². The van der Waals surface area contributed by atoms with Crippen LogP contribution in [-0.2, 0) is 0 Å². The number of hydrogen-bond acceptors (Lipinski definition) is 0. The van der Waals surface area contributed by atoms with Crippen LogP contribution < -0.4 is 0 Å². The van der Waals surface area contributed by atoms with Gasteiger partial charge in [-0.1, -0.05) is 0 Å². The maximum atomic E-state index is 0. The molecular weight excluding hydrogens is 120 g/mol. The third-order valence-corrected chi connectivity index (χ3v) is 0. The van der Waals surface area contributed by atoms with Gasteiger partial charge in [0.05, 0.1) is 0 Å². The molecule has 0 aliphatic heterocycles. The minimum absolute atomic E-state index is 0. The van der Waals surface area contributed by atoms with E-state index in [1.54, 1.807) is 0 Å². The largest absolute Gasteiger partial charge is 2.00 e. The van der Waals surface area contributed by atoms with E-state index in [0.717, 1.165) is 0 Å².